The summed E-state index contributed by atoms with van der Waals surface area (Å²) in [6, 6.07) is 0.163. The summed E-state index contributed by atoms with van der Waals surface area (Å²) in [5, 5.41) is 0. The Hall–Kier alpha value is 0.310. The van der Waals surface area contributed by atoms with E-state index < -0.39 is 0 Å². The molecule has 0 aliphatic carbocycles. The number of nitrogens with two attached hydrogens (primary N) is 1. The Balaban J connectivity index is 3.54. The van der Waals surface area contributed by atoms with Gasteiger partial charge in [-0.3, -0.25) is 0 Å². The van der Waals surface area contributed by atoms with Crippen molar-refractivity contribution < 1.29 is 0 Å². The fraction of sp³-hybridized carbons (Fsp3) is 1.00. The predicted molar refractivity (Wildman–Crippen MR) is 36.7 cm³/mol. The van der Waals surface area contributed by atoms with E-state index in [9.17, 15) is 0 Å². The van der Waals surface area contributed by atoms with Gasteiger partial charge in [0, 0.05) is 10.8 Å². The van der Waals surface area contributed by atoms with E-state index in [1.807, 2.05) is 20.8 Å². The van der Waals surface area contributed by atoms with Crippen molar-refractivity contribution >= 4 is 12.6 Å². The second-order valence-electron chi connectivity index (χ2n) is 2.44. The molecule has 0 aliphatic heterocycles. The van der Waals surface area contributed by atoms with Gasteiger partial charge in [0.05, 0.1) is 0 Å². The van der Waals surface area contributed by atoms with E-state index in [2.05, 4.69) is 12.6 Å². The van der Waals surface area contributed by atoms with E-state index in [1.54, 1.807) is 0 Å². The Kier molecular flexibility index (Phi) is 2.14. The van der Waals surface area contributed by atoms with E-state index in [1.165, 1.54) is 0 Å². The molecule has 44 valence electrons. The first-order valence-electron chi connectivity index (χ1n) is 2.42. The topological polar surface area (TPSA) is 26.0 Å². The Morgan fingerprint density at radius 2 is 1.71 bits per heavy atom. The molecule has 2 heteroatoms. The van der Waals surface area contributed by atoms with Crippen molar-refractivity contribution in [3.8, 4) is 0 Å². The van der Waals surface area contributed by atoms with Crippen molar-refractivity contribution in [2.75, 3.05) is 0 Å². The molecule has 0 aromatic carbocycles. The molecule has 0 aromatic heterocycles. The van der Waals surface area contributed by atoms with Crippen LogP contribution in [0.3, 0.4) is 0 Å². The molecule has 2 N–H and O–H groups in total. The summed E-state index contributed by atoms with van der Waals surface area (Å²) in [5.74, 6) is 0. The van der Waals surface area contributed by atoms with Gasteiger partial charge in [-0.05, 0) is 20.8 Å². The molecule has 0 rings (SSSR count). The van der Waals surface area contributed by atoms with Gasteiger partial charge in [-0.15, -0.1) is 0 Å². The number of thiol groups is 1. The van der Waals surface area contributed by atoms with Crippen LogP contribution >= 0.6 is 12.6 Å². The standard InChI is InChI=1S/C5H13NS/c1-4(6)5(2,3)7/h4,7H,6H2,1-3H3/t4-/m0/s1. The Morgan fingerprint density at radius 3 is 1.71 bits per heavy atom. The summed E-state index contributed by atoms with van der Waals surface area (Å²) >= 11 is 4.22. The summed E-state index contributed by atoms with van der Waals surface area (Å²) in [6.07, 6.45) is 0. The molecule has 0 radical (unpaired) electrons. The van der Waals surface area contributed by atoms with Crippen molar-refractivity contribution in [1.82, 2.24) is 0 Å². The van der Waals surface area contributed by atoms with Crippen LogP contribution in [0.2, 0.25) is 0 Å². The minimum atomic E-state index is -0.0278. The van der Waals surface area contributed by atoms with Gasteiger partial charge in [0.25, 0.3) is 0 Å². The highest BCUT2D eigenvalue weighted by Gasteiger charge is 2.15. The van der Waals surface area contributed by atoms with Crippen LogP contribution in [0.25, 0.3) is 0 Å². The Bertz CT molecular complexity index is 53.6. The molecule has 0 saturated carbocycles. The van der Waals surface area contributed by atoms with E-state index in [0.717, 1.165) is 0 Å². The van der Waals surface area contributed by atoms with E-state index in [4.69, 9.17) is 5.73 Å². The smallest absolute Gasteiger partial charge is 0.0221 e. The van der Waals surface area contributed by atoms with Crippen LogP contribution < -0.4 is 5.73 Å². The second kappa shape index (κ2) is 2.05. The van der Waals surface area contributed by atoms with E-state index >= 15 is 0 Å². The summed E-state index contributed by atoms with van der Waals surface area (Å²) in [5.41, 5.74) is 5.49. The lowest BCUT2D eigenvalue weighted by Gasteiger charge is -2.21. The summed E-state index contributed by atoms with van der Waals surface area (Å²) in [4.78, 5) is 0. The summed E-state index contributed by atoms with van der Waals surface area (Å²) < 4.78 is -0.0278. The van der Waals surface area contributed by atoms with Gasteiger partial charge < -0.3 is 5.73 Å². The van der Waals surface area contributed by atoms with Crippen LogP contribution in [0.15, 0.2) is 0 Å². The van der Waals surface area contributed by atoms with Crippen molar-refractivity contribution in [3.05, 3.63) is 0 Å². The number of rotatable bonds is 1. The summed E-state index contributed by atoms with van der Waals surface area (Å²) in [6.45, 7) is 5.95. The molecule has 0 fully saturated rings. The molecule has 0 unspecified atom stereocenters. The molecule has 7 heavy (non-hydrogen) atoms. The first kappa shape index (κ1) is 7.31. The first-order chi connectivity index (χ1) is 2.94. The van der Waals surface area contributed by atoms with Gasteiger partial charge in [0.1, 0.15) is 0 Å². The summed E-state index contributed by atoms with van der Waals surface area (Å²) in [7, 11) is 0. The minimum Gasteiger partial charge on any atom is -0.327 e. The zero-order valence-electron chi connectivity index (χ0n) is 5.10. The first-order valence-corrected chi connectivity index (χ1v) is 2.87. The fourth-order valence-electron chi connectivity index (χ4n) is 0. The maximum Gasteiger partial charge on any atom is 0.0221 e. The quantitative estimate of drug-likeness (QED) is 0.496. The molecule has 0 spiro atoms. The maximum absolute atomic E-state index is 5.49. The van der Waals surface area contributed by atoms with Crippen molar-refractivity contribution in [2.24, 2.45) is 5.73 Å². The Morgan fingerprint density at radius 1 is 1.57 bits per heavy atom. The minimum absolute atomic E-state index is 0.0278. The molecule has 0 aliphatic rings. The Labute approximate surface area is 50.7 Å². The van der Waals surface area contributed by atoms with Gasteiger partial charge in [-0.2, -0.15) is 12.6 Å². The maximum atomic E-state index is 5.49. The fourth-order valence-corrected chi connectivity index (χ4v) is 0. The highest BCUT2D eigenvalue weighted by Crippen LogP contribution is 2.14. The van der Waals surface area contributed by atoms with Crippen LogP contribution in [0.1, 0.15) is 20.8 Å². The molecular weight excluding hydrogens is 106 g/mol. The molecule has 0 heterocycles. The van der Waals surface area contributed by atoms with Gasteiger partial charge >= 0.3 is 0 Å². The normalized spacial score (nSPS) is 16.7. The van der Waals surface area contributed by atoms with Crippen molar-refractivity contribution in [2.45, 2.75) is 31.6 Å². The van der Waals surface area contributed by atoms with Crippen LogP contribution in [0.4, 0.5) is 0 Å². The monoisotopic (exact) mass is 119 g/mol. The molecule has 0 bridgehead atoms. The predicted octanol–water partition coefficient (Wildman–Crippen LogP) is 1.04. The number of hydrogen-bond acceptors (Lipinski definition) is 2. The zero-order valence-corrected chi connectivity index (χ0v) is 6.00. The second-order valence-corrected chi connectivity index (χ2v) is 3.59. The molecule has 0 aromatic rings. The molecule has 0 saturated heterocycles. The third kappa shape index (κ3) is 2.94. The van der Waals surface area contributed by atoms with E-state index in [-0.39, 0.29) is 10.8 Å². The van der Waals surface area contributed by atoms with Crippen LogP contribution in [-0.2, 0) is 0 Å². The zero-order chi connectivity index (χ0) is 6.08. The average molecular weight is 119 g/mol. The van der Waals surface area contributed by atoms with Gasteiger partial charge in [0.15, 0.2) is 0 Å². The molecule has 1 nitrogen and oxygen atoms in total. The lowest BCUT2D eigenvalue weighted by atomic mass is 10.1. The highest BCUT2D eigenvalue weighted by atomic mass is 32.1. The van der Waals surface area contributed by atoms with Crippen LogP contribution in [0, 0.1) is 0 Å². The molecule has 1 atom stereocenters. The van der Waals surface area contributed by atoms with Crippen LogP contribution in [-0.4, -0.2) is 10.8 Å². The van der Waals surface area contributed by atoms with Crippen molar-refractivity contribution in [1.29, 1.82) is 0 Å². The average Bonchev–Trinajstić information content (AvgIpc) is 1.31. The number of hydrogen-bond donors (Lipinski definition) is 2. The van der Waals surface area contributed by atoms with Gasteiger partial charge in [0.2, 0.25) is 0 Å². The third-order valence-corrected chi connectivity index (χ3v) is 1.52. The van der Waals surface area contributed by atoms with Gasteiger partial charge in [-0.1, -0.05) is 0 Å². The van der Waals surface area contributed by atoms with E-state index in [0.29, 0.717) is 0 Å². The van der Waals surface area contributed by atoms with Gasteiger partial charge in [-0.25, -0.2) is 0 Å². The largest absolute Gasteiger partial charge is 0.327 e. The molecule has 0 amide bonds. The molecular formula is C5H13NS. The highest BCUT2D eigenvalue weighted by molar-refractivity contribution is 7.81. The lowest BCUT2D eigenvalue weighted by molar-refractivity contribution is 0.582. The van der Waals surface area contributed by atoms with Crippen LogP contribution in [0.5, 0.6) is 0 Å². The SMILES string of the molecule is C[C@H](N)C(C)(C)S. The third-order valence-electron chi connectivity index (χ3n) is 1.11. The lowest BCUT2D eigenvalue weighted by Crippen LogP contribution is -2.35. The van der Waals surface area contributed by atoms with Crippen molar-refractivity contribution in [3.63, 3.8) is 0 Å².